The molecule has 5 heteroatoms. The van der Waals surface area contributed by atoms with E-state index >= 15 is 0 Å². The van der Waals surface area contributed by atoms with Gasteiger partial charge in [-0.2, -0.15) is 9.47 Å². The maximum absolute atomic E-state index is 5.69. The van der Waals surface area contributed by atoms with Gasteiger partial charge in [0.25, 0.3) is 0 Å². The van der Waals surface area contributed by atoms with E-state index in [2.05, 4.69) is 14.6 Å². The first-order valence-electron chi connectivity index (χ1n) is 3.78. The van der Waals surface area contributed by atoms with Crippen LogP contribution in [-0.4, -0.2) is 14.6 Å². The molecule has 4 nitrogen and oxygen atoms in total. The maximum Gasteiger partial charge on any atom is 0.107 e. The second-order valence-corrected chi connectivity index (χ2v) is 3.47. The molecule has 13 heavy (non-hydrogen) atoms. The van der Waals surface area contributed by atoms with Crippen LogP contribution in [-0.2, 0) is 0 Å². The summed E-state index contributed by atoms with van der Waals surface area (Å²) < 4.78 is 3.97. The topological polar surface area (TPSA) is 64.7 Å². The quantitative estimate of drug-likeness (QED) is 0.743. The van der Waals surface area contributed by atoms with Gasteiger partial charge in [-0.15, -0.1) is 5.10 Å². The molecule has 2 aromatic rings. The van der Waals surface area contributed by atoms with Crippen LogP contribution in [0.4, 0.5) is 5.69 Å². The molecule has 0 saturated carbocycles. The summed E-state index contributed by atoms with van der Waals surface area (Å²) in [5.74, 6) is 0. The number of nitrogens with zero attached hydrogens (tertiary/aromatic N) is 3. The van der Waals surface area contributed by atoms with Crippen LogP contribution in [0.25, 0.3) is 10.6 Å². The summed E-state index contributed by atoms with van der Waals surface area (Å²) in [6.45, 7) is 1.90. The fraction of sp³-hybridized carbons (Fsp3) is 0.125. The van der Waals surface area contributed by atoms with Gasteiger partial charge in [0.2, 0.25) is 0 Å². The number of aryl methyl sites for hydroxylation is 1. The van der Waals surface area contributed by atoms with E-state index in [0.717, 1.165) is 16.3 Å². The average molecular weight is 192 g/mol. The summed E-state index contributed by atoms with van der Waals surface area (Å²) in [6.07, 6.45) is 1.63. The largest absolute Gasteiger partial charge is 0.396 e. The van der Waals surface area contributed by atoms with Crippen LogP contribution < -0.4 is 5.73 Å². The molecule has 0 saturated heterocycles. The second kappa shape index (κ2) is 3.10. The van der Waals surface area contributed by atoms with Gasteiger partial charge in [0.15, 0.2) is 0 Å². The van der Waals surface area contributed by atoms with Crippen molar-refractivity contribution in [3.63, 3.8) is 0 Å². The molecule has 0 radical (unpaired) electrons. The lowest BCUT2D eigenvalue weighted by Crippen LogP contribution is -1.90. The minimum Gasteiger partial charge on any atom is -0.396 e. The van der Waals surface area contributed by atoms with E-state index in [9.17, 15) is 0 Å². The van der Waals surface area contributed by atoms with E-state index in [0.29, 0.717) is 5.69 Å². The third kappa shape index (κ3) is 1.50. The molecule has 2 rings (SSSR count). The van der Waals surface area contributed by atoms with Gasteiger partial charge in [-0.05, 0) is 30.6 Å². The van der Waals surface area contributed by atoms with Gasteiger partial charge in [-0.25, -0.2) is 0 Å². The summed E-state index contributed by atoms with van der Waals surface area (Å²) in [5, 5.41) is 7.97. The molecule has 0 atom stereocenters. The Hall–Kier alpha value is -1.49. The Kier molecular flexibility index (Phi) is 1.94. The zero-order valence-corrected chi connectivity index (χ0v) is 7.88. The second-order valence-electron chi connectivity index (χ2n) is 2.67. The van der Waals surface area contributed by atoms with Crippen molar-refractivity contribution in [2.75, 3.05) is 5.73 Å². The van der Waals surface area contributed by atoms with Crippen LogP contribution in [0.2, 0.25) is 0 Å². The number of nitrogen functional groups attached to an aromatic ring is 1. The van der Waals surface area contributed by atoms with Crippen LogP contribution in [0.5, 0.6) is 0 Å². The SMILES string of the molecule is Cc1ccc(-c2sncc2N)nn1. The van der Waals surface area contributed by atoms with Crippen LogP contribution in [0.1, 0.15) is 5.69 Å². The third-order valence-electron chi connectivity index (χ3n) is 1.63. The lowest BCUT2D eigenvalue weighted by Gasteiger charge is -1.96. The van der Waals surface area contributed by atoms with Crippen molar-refractivity contribution in [1.82, 2.24) is 14.6 Å². The third-order valence-corrected chi connectivity index (χ3v) is 2.47. The van der Waals surface area contributed by atoms with Crippen LogP contribution in [0.15, 0.2) is 18.3 Å². The van der Waals surface area contributed by atoms with Crippen LogP contribution in [0.3, 0.4) is 0 Å². The summed E-state index contributed by atoms with van der Waals surface area (Å²) in [5.41, 5.74) is 8.02. The van der Waals surface area contributed by atoms with Gasteiger partial charge < -0.3 is 5.73 Å². The summed E-state index contributed by atoms with van der Waals surface area (Å²) in [4.78, 5) is 0.882. The zero-order valence-electron chi connectivity index (χ0n) is 7.06. The number of nitrogens with two attached hydrogens (primary N) is 1. The Morgan fingerprint density at radius 1 is 1.31 bits per heavy atom. The molecule has 0 aliphatic carbocycles. The highest BCUT2D eigenvalue weighted by Crippen LogP contribution is 2.26. The van der Waals surface area contributed by atoms with E-state index in [1.807, 2.05) is 19.1 Å². The highest BCUT2D eigenvalue weighted by Gasteiger charge is 2.06. The predicted octanol–water partition coefficient (Wildman–Crippen LogP) is 1.49. The number of hydrogen-bond acceptors (Lipinski definition) is 5. The first-order valence-corrected chi connectivity index (χ1v) is 4.55. The molecular formula is C8H8N4S. The molecule has 0 amide bonds. The molecule has 0 bridgehead atoms. The number of aromatic nitrogens is 3. The van der Waals surface area contributed by atoms with Gasteiger partial charge in [-0.3, -0.25) is 0 Å². The normalized spacial score (nSPS) is 10.2. The summed E-state index contributed by atoms with van der Waals surface area (Å²) in [6, 6.07) is 3.80. The van der Waals surface area contributed by atoms with E-state index < -0.39 is 0 Å². The molecule has 2 aromatic heterocycles. The summed E-state index contributed by atoms with van der Waals surface area (Å²) >= 11 is 1.33. The highest BCUT2D eigenvalue weighted by molar-refractivity contribution is 7.10. The fourth-order valence-electron chi connectivity index (χ4n) is 0.962. The zero-order chi connectivity index (χ0) is 9.26. The van der Waals surface area contributed by atoms with Gasteiger partial charge in [0.05, 0.1) is 22.5 Å². The first kappa shape index (κ1) is 8.12. The molecule has 2 N–H and O–H groups in total. The predicted molar refractivity (Wildman–Crippen MR) is 52.3 cm³/mol. The molecule has 0 fully saturated rings. The van der Waals surface area contributed by atoms with Crippen molar-refractivity contribution in [3.05, 3.63) is 24.0 Å². The summed E-state index contributed by atoms with van der Waals surface area (Å²) in [7, 11) is 0. The van der Waals surface area contributed by atoms with Crippen molar-refractivity contribution in [1.29, 1.82) is 0 Å². The molecule has 0 aliphatic rings. The number of rotatable bonds is 1. The van der Waals surface area contributed by atoms with Crippen molar-refractivity contribution in [3.8, 4) is 10.6 Å². The van der Waals surface area contributed by atoms with Crippen molar-refractivity contribution in [2.45, 2.75) is 6.92 Å². The highest BCUT2D eigenvalue weighted by atomic mass is 32.1. The Morgan fingerprint density at radius 3 is 2.69 bits per heavy atom. The Balaban J connectivity index is 2.47. The maximum atomic E-state index is 5.69. The van der Waals surface area contributed by atoms with E-state index in [-0.39, 0.29) is 0 Å². The smallest absolute Gasteiger partial charge is 0.107 e. The van der Waals surface area contributed by atoms with Crippen molar-refractivity contribution >= 4 is 17.2 Å². The van der Waals surface area contributed by atoms with Gasteiger partial charge >= 0.3 is 0 Å². The van der Waals surface area contributed by atoms with Gasteiger partial charge in [0, 0.05) is 0 Å². The van der Waals surface area contributed by atoms with Crippen LogP contribution >= 0.6 is 11.5 Å². The number of hydrogen-bond donors (Lipinski definition) is 1. The Morgan fingerprint density at radius 2 is 2.15 bits per heavy atom. The molecular weight excluding hydrogens is 184 g/mol. The molecule has 0 aromatic carbocycles. The van der Waals surface area contributed by atoms with Crippen LogP contribution in [0, 0.1) is 6.92 Å². The standard InChI is InChI=1S/C8H8N4S/c1-5-2-3-7(12-11-5)8-6(9)4-10-13-8/h2-4H,9H2,1H3. The molecule has 2 heterocycles. The minimum atomic E-state index is 0.656. The van der Waals surface area contributed by atoms with E-state index in [4.69, 9.17) is 5.73 Å². The monoisotopic (exact) mass is 192 g/mol. The van der Waals surface area contributed by atoms with Gasteiger partial charge in [0.1, 0.15) is 5.69 Å². The van der Waals surface area contributed by atoms with Crippen molar-refractivity contribution in [2.24, 2.45) is 0 Å². The molecule has 0 aliphatic heterocycles. The Bertz CT molecular complexity index is 406. The first-order chi connectivity index (χ1) is 6.27. The molecule has 66 valence electrons. The minimum absolute atomic E-state index is 0.656. The van der Waals surface area contributed by atoms with Gasteiger partial charge in [-0.1, -0.05) is 0 Å². The number of anilines is 1. The molecule has 0 spiro atoms. The van der Waals surface area contributed by atoms with E-state index in [1.165, 1.54) is 11.5 Å². The molecule has 0 unspecified atom stereocenters. The Labute approximate surface area is 79.6 Å². The fourth-order valence-corrected chi connectivity index (χ4v) is 1.59. The van der Waals surface area contributed by atoms with Crippen molar-refractivity contribution < 1.29 is 0 Å². The van der Waals surface area contributed by atoms with E-state index in [1.54, 1.807) is 6.20 Å². The average Bonchev–Trinajstić information content (AvgIpc) is 2.53. The lowest BCUT2D eigenvalue weighted by molar-refractivity contribution is 0.989. The lowest BCUT2D eigenvalue weighted by atomic mass is 10.3.